The lowest BCUT2D eigenvalue weighted by Gasteiger charge is -2.08. The van der Waals surface area contributed by atoms with Crippen molar-refractivity contribution in [3.05, 3.63) is 75.8 Å². The largest absolute Gasteiger partial charge is 0.365 e. The zero-order chi connectivity index (χ0) is 15.2. The van der Waals surface area contributed by atoms with E-state index in [9.17, 15) is 4.79 Å². The number of primary amides is 1. The highest BCUT2D eigenvalue weighted by Gasteiger charge is 2.08. The monoisotopic (exact) mass is 296 g/mol. The van der Waals surface area contributed by atoms with Gasteiger partial charge in [-0.05, 0) is 35.3 Å². The van der Waals surface area contributed by atoms with Crippen molar-refractivity contribution in [3.8, 4) is 6.07 Å². The zero-order valence-corrected chi connectivity index (χ0v) is 12.0. The van der Waals surface area contributed by atoms with Crippen LogP contribution in [0.15, 0.2) is 54.1 Å². The molecule has 0 spiro atoms. The highest BCUT2D eigenvalue weighted by Crippen LogP contribution is 2.22. The minimum atomic E-state index is -0.731. The van der Waals surface area contributed by atoms with E-state index in [1.54, 1.807) is 0 Å². The molecule has 0 aliphatic heterocycles. The first kappa shape index (κ1) is 14.8. The maximum absolute atomic E-state index is 11.2. The van der Waals surface area contributed by atoms with Crippen molar-refractivity contribution in [1.82, 2.24) is 0 Å². The Morgan fingerprint density at radius 2 is 1.76 bits per heavy atom. The Bertz CT molecular complexity index is 744. The number of hydrogen-bond donors (Lipinski definition) is 1. The summed E-state index contributed by atoms with van der Waals surface area (Å²) in [6, 6.07) is 16.9. The molecule has 2 N–H and O–H groups in total. The van der Waals surface area contributed by atoms with Gasteiger partial charge in [-0.15, -0.1) is 0 Å². The second-order valence-electron chi connectivity index (χ2n) is 4.50. The predicted molar refractivity (Wildman–Crippen MR) is 83.5 cm³/mol. The molecule has 2 aromatic carbocycles. The normalized spacial score (nSPS) is 11.0. The highest BCUT2D eigenvalue weighted by molar-refractivity contribution is 6.31. The average Bonchev–Trinajstić information content (AvgIpc) is 2.48. The van der Waals surface area contributed by atoms with Crippen LogP contribution in [0.1, 0.15) is 16.7 Å². The Morgan fingerprint density at radius 1 is 1.14 bits per heavy atom. The van der Waals surface area contributed by atoms with Gasteiger partial charge in [-0.25, -0.2) is 0 Å². The summed E-state index contributed by atoms with van der Waals surface area (Å²) in [4.78, 5) is 11.2. The van der Waals surface area contributed by atoms with E-state index in [1.165, 1.54) is 6.08 Å². The van der Waals surface area contributed by atoms with Gasteiger partial charge in [-0.3, -0.25) is 4.79 Å². The second-order valence-corrected chi connectivity index (χ2v) is 4.91. The SMILES string of the molecule is N#C/C(=C\c1ccccc1Cc1ccccc1Cl)C(N)=O. The van der Waals surface area contributed by atoms with E-state index in [1.807, 2.05) is 54.6 Å². The Balaban J connectivity index is 2.41. The Labute approximate surface area is 128 Å². The van der Waals surface area contributed by atoms with Crippen molar-refractivity contribution in [1.29, 1.82) is 5.26 Å². The molecular weight excluding hydrogens is 284 g/mol. The lowest BCUT2D eigenvalue weighted by Crippen LogP contribution is -2.12. The molecule has 0 heterocycles. The molecule has 104 valence electrons. The van der Waals surface area contributed by atoms with Crippen LogP contribution in [0.25, 0.3) is 6.08 Å². The standard InChI is InChI=1S/C17H13ClN2O/c18-16-8-4-3-7-14(16)9-12-5-1-2-6-13(12)10-15(11-19)17(20)21/h1-8,10H,9H2,(H2,20,21)/b15-10+. The molecule has 0 bridgehead atoms. The summed E-state index contributed by atoms with van der Waals surface area (Å²) in [5.74, 6) is -0.731. The molecular formula is C17H13ClN2O. The number of halogens is 1. The molecule has 0 saturated carbocycles. The predicted octanol–water partition coefficient (Wildman–Crippen LogP) is 3.32. The van der Waals surface area contributed by atoms with Gasteiger partial charge in [0.1, 0.15) is 11.6 Å². The van der Waals surface area contributed by atoms with Crippen molar-refractivity contribution < 1.29 is 4.79 Å². The first-order valence-corrected chi connectivity index (χ1v) is 6.72. The van der Waals surface area contributed by atoms with Crippen LogP contribution in [0, 0.1) is 11.3 Å². The molecule has 0 saturated heterocycles. The quantitative estimate of drug-likeness (QED) is 0.694. The number of rotatable bonds is 4. The Hall–Kier alpha value is -2.57. The van der Waals surface area contributed by atoms with Gasteiger partial charge in [-0.1, -0.05) is 54.1 Å². The zero-order valence-electron chi connectivity index (χ0n) is 11.2. The van der Waals surface area contributed by atoms with E-state index in [0.29, 0.717) is 11.4 Å². The van der Waals surface area contributed by atoms with Crippen LogP contribution in [0.2, 0.25) is 5.02 Å². The molecule has 3 nitrogen and oxygen atoms in total. The average molecular weight is 297 g/mol. The number of carbonyl (C=O) groups is 1. The molecule has 4 heteroatoms. The molecule has 2 rings (SSSR count). The number of carbonyl (C=O) groups excluding carboxylic acids is 1. The molecule has 0 atom stereocenters. The molecule has 0 unspecified atom stereocenters. The summed E-state index contributed by atoms with van der Waals surface area (Å²) < 4.78 is 0. The smallest absolute Gasteiger partial charge is 0.259 e. The summed E-state index contributed by atoms with van der Waals surface area (Å²) in [7, 11) is 0. The number of hydrogen-bond acceptors (Lipinski definition) is 2. The fraction of sp³-hybridized carbons (Fsp3) is 0.0588. The van der Waals surface area contributed by atoms with Crippen LogP contribution in [-0.4, -0.2) is 5.91 Å². The van der Waals surface area contributed by atoms with E-state index in [4.69, 9.17) is 22.6 Å². The number of nitriles is 1. The summed E-state index contributed by atoms with van der Waals surface area (Å²) in [6.07, 6.45) is 2.12. The Morgan fingerprint density at radius 3 is 2.38 bits per heavy atom. The minimum Gasteiger partial charge on any atom is -0.365 e. The van der Waals surface area contributed by atoms with Crippen LogP contribution in [0.4, 0.5) is 0 Å². The van der Waals surface area contributed by atoms with Crippen molar-refractivity contribution in [2.45, 2.75) is 6.42 Å². The van der Waals surface area contributed by atoms with Crippen molar-refractivity contribution in [2.24, 2.45) is 5.73 Å². The third-order valence-electron chi connectivity index (χ3n) is 3.08. The number of benzene rings is 2. The van der Waals surface area contributed by atoms with Crippen LogP contribution < -0.4 is 5.73 Å². The van der Waals surface area contributed by atoms with Gasteiger partial charge < -0.3 is 5.73 Å². The summed E-state index contributed by atoms with van der Waals surface area (Å²) in [5.41, 5.74) is 7.84. The molecule has 0 aliphatic carbocycles. The second kappa shape index (κ2) is 6.74. The Kier molecular flexibility index (Phi) is 4.76. The van der Waals surface area contributed by atoms with E-state index < -0.39 is 5.91 Å². The van der Waals surface area contributed by atoms with Crippen molar-refractivity contribution in [2.75, 3.05) is 0 Å². The third-order valence-corrected chi connectivity index (χ3v) is 3.45. The number of nitrogens with two attached hydrogens (primary N) is 1. The van der Waals surface area contributed by atoms with Gasteiger partial charge in [0.2, 0.25) is 0 Å². The highest BCUT2D eigenvalue weighted by atomic mass is 35.5. The maximum Gasteiger partial charge on any atom is 0.259 e. The summed E-state index contributed by atoms with van der Waals surface area (Å²) in [5, 5.41) is 9.63. The topological polar surface area (TPSA) is 66.9 Å². The van der Waals surface area contributed by atoms with Crippen LogP contribution in [0.3, 0.4) is 0 Å². The third kappa shape index (κ3) is 3.71. The lowest BCUT2D eigenvalue weighted by molar-refractivity contribution is -0.114. The van der Waals surface area contributed by atoms with E-state index >= 15 is 0 Å². The van der Waals surface area contributed by atoms with Gasteiger partial charge in [0.05, 0.1) is 0 Å². The van der Waals surface area contributed by atoms with Crippen molar-refractivity contribution >= 4 is 23.6 Å². The molecule has 0 fully saturated rings. The number of amides is 1. The van der Waals surface area contributed by atoms with E-state index in [-0.39, 0.29) is 5.57 Å². The molecule has 0 aliphatic rings. The first-order chi connectivity index (χ1) is 10.1. The van der Waals surface area contributed by atoms with Crippen LogP contribution >= 0.6 is 11.6 Å². The van der Waals surface area contributed by atoms with Gasteiger partial charge in [0, 0.05) is 5.02 Å². The van der Waals surface area contributed by atoms with E-state index in [0.717, 1.165) is 16.7 Å². The first-order valence-electron chi connectivity index (χ1n) is 6.34. The van der Waals surface area contributed by atoms with Gasteiger partial charge in [0.15, 0.2) is 0 Å². The summed E-state index contributed by atoms with van der Waals surface area (Å²) >= 11 is 6.17. The summed E-state index contributed by atoms with van der Waals surface area (Å²) in [6.45, 7) is 0. The van der Waals surface area contributed by atoms with E-state index in [2.05, 4.69) is 0 Å². The lowest BCUT2D eigenvalue weighted by atomic mass is 9.98. The van der Waals surface area contributed by atoms with Crippen molar-refractivity contribution in [3.63, 3.8) is 0 Å². The van der Waals surface area contributed by atoms with Crippen LogP contribution in [0.5, 0.6) is 0 Å². The molecule has 21 heavy (non-hydrogen) atoms. The van der Waals surface area contributed by atoms with Crippen LogP contribution in [-0.2, 0) is 11.2 Å². The van der Waals surface area contributed by atoms with Gasteiger partial charge >= 0.3 is 0 Å². The molecule has 0 aromatic heterocycles. The molecule has 0 radical (unpaired) electrons. The maximum atomic E-state index is 11.2. The minimum absolute atomic E-state index is 0.0680. The number of nitrogens with zero attached hydrogens (tertiary/aromatic N) is 1. The molecule has 1 amide bonds. The fourth-order valence-corrected chi connectivity index (χ4v) is 2.20. The molecule has 2 aromatic rings. The fourth-order valence-electron chi connectivity index (χ4n) is 2.00. The van der Waals surface area contributed by atoms with Gasteiger partial charge in [-0.2, -0.15) is 5.26 Å². The van der Waals surface area contributed by atoms with Gasteiger partial charge in [0.25, 0.3) is 5.91 Å².